The number of halogens is 1. The molecule has 0 amide bonds. The van der Waals surface area contributed by atoms with Crippen LogP contribution in [0.4, 0.5) is 4.39 Å². The first-order valence-electron chi connectivity index (χ1n) is 6.64. The molecule has 0 spiro atoms. The molecule has 0 aliphatic heterocycles. The molecule has 1 aromatic rings. The molecule has 1 aromatic carbocycles. The second-order valence-corrected chi connectivity index (χ2v) is 5.15. The summed E-state index contributed by atoms with van der Waals surface area (Å²) < 4.78 is 12.9. The smallest absolute Gasteiger partial charge is 0.303 e. The Hall–Kier alpha value is -1.38. The Labute approximate surface area is 107 Å². The Kier molecular flexibility index (Phi) is 4.34. The number of benzene rings is 1. The van der Waals surface area contributed by atoms with Crippen molar-refractivity contribution in [2.75, 3.05) is 0 Å². The molecule has 1 aliphatic carbocycles. The first kappa shape index (κ1) is 13.1. The van der Waals surface area contributed by atoms with Gasteiger partial charge in [0.2, 0.25) is 0 Å². The maximum absolute atomic E-state index is 12.9. The minimum Gasteiger partial charge on any atom is -0.481 e. The largest absolute Gasteiger partial charge is 0.481 e. The maximum atomic E-state index is 12.9. The molecule has 2 rings (SSSR count). The van der Waals surface area contributed by atoms with E-state index >= 15 is 0 Å². The van der Waals surface area contributed by atoms with Gasteiger partial charge in [0.25, 0.3) is 0 Å². The van der Waals surface area contributed by atoms with E-state index in [0.29, 0.717) is 5.92 Å². The molecule has 1 aliphatic rings. The molecule has 2 nitrogen and oxygen atoms in total. The van der Waals surface area contributed by atoms with Crippen molar-refractivity contribution in [2.45, 2.75) is 44.4 Å². The lowest BCUT2D eigenvalue weighted by molar-refractivity contribution is -0.137. The highest BCUT2D eigenvalue weighted by molar-refractivity contribution is 5.68. The molecule has 0 unspecified atom stereocenters. The van der Waals surface area contributed by atoms with E-state index < -0.39 is 5.97 Å². The van der Waals surface area contributed by atoms with Gasteiger partial charge < -0.3 is 5.11 Å². The predicted molar refractivity (Wildman–Crippen MR) is 68.0 cm³/mol. The van der Waals surface area contributed by atoms with E-state index in [2.05, 4.69) is 0 Å². The van der Waals surface area contributed by atoms with E-state index in [0.717, 1.165) is 18.4 Å². The fourth-order valence-corrected chi connectivity index (χ4v) is 2.99. The summed E-state index contributed by atoms with van der Waals surface area (Å²) in [7, 11) is 0. The average Bonchev–Trinajstić information content (AvgIpc) is 2.38. The topological polar surface area (TPSA) is 37.3 Å². The lowest BCUT2D eigenvalue weighted by atomic mass is 9.75. The Bertz CT molecular complexity index is 393. The van der Waals surface area contributed by atoms with Crippen molar-refractivity contribution < 1.29 is 14.3 Å². The third-order valence-corrected chi connectivity index (χ3v) is 3.91. The fourth-order valence-electron chi connectivity index (χ4n) is 2.99. The van der Waals surface area contributed by atoms with Gasteiger partial charge in [0.1, 0.15) is 5.82 Å². The molecule has 0 heterocycles. The molecule has 0 bridgehead atoms. The number of carboxylic acid groups (broad SMARTS) is 1. The van der Waals surface area contributed by atoms with Crippen LogP contribution in [-0.4, -0.2) is 11.1 Å². The second-order valence-electron chi connectivity index (χ2n) is 5.15. The maximum Gasteiger partial charge on any atom is 0.303 e. The van der Waals surface area contributed by atoms with Crippen LogP contribution < -0.4 is 0 Å². The van der Waals surface area contributed by atoms with Gasteiger partial charge in [-0.05, 0) is 42.4 Å². The Balaban J connectivity index is 2.17. The van der Waals surface area contributed by atoms with Crippen LogP contribution in [0, 0.1) is 11.7 Å². The number of carboxylic acids is 1. The van der Waals surface area contributed by atoms with Gasteiger partial charge in [0, 0.05) is 0 Å². The third kappa shape index (κ3) is 3.31. The van der Waals surface area contributed by atoms with E-state index in [9.17, 15) is 9.18 Å². The van der Waals surface area contributed by atoms with Crippen molar-refractivity contribution in [3.63, 3.8) is 0 Å². The van der Waals surface area contributed by atoms with Crippen LogP contribution in [0.5, 0.6) is 0 Å². The van der Waals surface area contributed by atoms with Crippen molar-refractivity contribution in [3.8, 4) is 0 Å². The summed E-state index contributed by atoms with van der Waals surface area (Å²) in [5, 5.41) is 9.06. The molecule has 0 aromatic heterocycles. The summed E-state index contributed by atoms with van der Waals surface area (Å²) in [5.41, 5.74) is 0.964. The highest BCUT2D eigenvalue weighted by atomic mass is 19.1. The van der Waals surface area contributed by atoms with Crippen molar-refractivity contribution >= 4 is 5.97 Å². The minimum absolute atomic E-state index is 0.0309. The van der Waals surface area contributed by atoms with Gasteiger partial charge in [0.15, 0.2) is 0 Å². The molecule has 1 N–H and O–H groups in total. The van der Waals surface area contributed by atoms with Gasteiger partial charge in [-0.1, -0.05) is 31.4 Å². The lowest BCUT2D eigenvalue weighted by Crippen LogP contribution is -2.19. The SMILES string of the molecule is O=C(O)C[C@@H](c1ccc(F)cc1)C1CCCCC1. The Morgan fingerprint density at radius 1 is 1.22 bits per heavy atom. The number of hydrogen-bond acceptors (Lipinski definition) is 1. The summed E-state index contributed by atoms with van der Waals surface area (Å²) in [6, 6.07) is 6.31. The van der Waals surface area contributed by atoms with Crippen LogP contribution in [0.15, 0.2) is 24.3 Å². The van der Waals surface area contributed by atoms with Crippen LogP contribution in [0.2, 0.25) is 0 Å². The normalized spacial score (nSPS) is 18.5. The average molecular weight is 250 g/mol. The molecule has 1 fully saturated rings. The Morgan fingerprint density at radius 2 is 1.83 bits per heavy atom. The van der Waals surface area contributed by atoms with Crippen molar-refractivity contribution in [1.82, 2.24) is 0 Å². The molecular formula is C15H19FO2. The number of hydrogen-bond donors (Lipinski definition) is 1. The quantitative estimate of drug-likeness (QED) is 0.878. The van der Waals surface area contributed by atoms with E-state index in [4.69, 9.17) is 5.11 Å². The summed E-state index contributed by atoms with van der Waals surface area (Å²) >= 11 is 0. The van der Waals surface area contributed by atoms with E-state index in [1.54, 1.807) is 12.1 Å². The molecular weight excluding hydrogens is 231 g/mol. The van der Waals surface area contributed by atoms with Gasteiger partial charge in [-0.15, -0.1) is 0 Å². The standard InChI is InChI=1S/C15H19FO2/c16-13-8-6-12(7-9-13)14(10-15(17)18)11-4-2-1-3-5-11/h6-9,11,14H,1-5,10H2,(H,17,18)/t14-/m1/s1. The van der Waals surface area contributed by atoms with Crippen LogP contribution in [0.25, 0.3) is 0 Å². The second kappa shape index (κ2) is 5.98. The molecule has 1 saturated carbocycles. The van der Waals surface area contributed by atoms with Crippen LogP contribution in [0.1, 0.15) is 50.0 Å². The zero-order valence-electron chi connectivity index (χ0n) is 10.4. The van der Waals surface area contributed by atoms with Crippen LogP contribution in [0.3, 0.4) is 0 Å². The Morgan fingerprint density at radius 3 is 2.39 bits per heavy atom. The molecule has 98 valence electrons. The van der Waals surface area contributed by atoms with Gasteiger partial charge >= 0.3 is 5.97 Å². The summed E-state index contributed by atoms with van der Waals surface area (Å²) in [4.78, 5) is 11.0. The minimum atomic E-state index is -0.769. The number of aliphatic carboxylic acids is 1. The predicted octanol–water partition coefficient (Wildman–Crippen LogP) is 3.96. The summed E-state index contributed by atoms with van der Waals surface area (Å²) in [6.07, 6.45) is 5.95. The number of carbonyl (C=O) groups is 1. The summed E-state index contributed by atoms with van der Waals surface area (Å²) in [5.74, 6) is -0.574. The molecule has 0 saturated heterocycles. The van der Waals surface area contributed by atoms with Crippen LogP contribution in [-0.2, 0) is 4.79 Å². The van der Waals surface area contributed by atoms with Crippen molar-refractivity contribution in [2.24, 2.45) is 5.92 Å². The first-order valence-corrected chi connectivity index (χ1v) is 6.64. The number of rotatable bonds is 4. The highest BCUT2D eigenvalue weighted by Crippen LogP contribution is 2.38. The van der Waals surface area contributed by atoms with E-state index in [-0.39, 0.29) is 18.2 Å². The van der Waals surface area contributed by atoms with E-state index in [1.807, 2.05) is 0 Å². The molecule has 3 heteroatoms. The molecule has 1 atom stereocenters. The zero-order valence-corrected chi connectivity index (χ0v) is 10.4. The monoisotopic (exact) mass is 250 g/mol. The first-order chi connectivity index (χ1) is 8.66. The summed E-state index contributed by atoms with van der Waals surface area (Å²) in [6.45, 7) is 0. The molecule has 0 radical (unpaired) electrons. The zero-order chi connectivity index (χ0) is 13.0. The van der Waals surface area contributed by atoms with Gasteiger partial charge in [-0.2, -0.15) is 0 Å². The van der Waals surface area contributed by atoms with Crippen LogP contribution >= 0.6 is 0 Å². The van der Waals surface area contributed by atoms with Crippen molar-refractivity contribution in [1.29, 1.82) is 0 Å². The van der Waals surface area contributed by atoms with Crippen molar-refractivity contribution in [3.05, 3.63) is 35.6 Å². The fraction of sp³-hybridized carbons (Fsp3) is 0.533. The highest BCUT2D eigenvalue weighted by Gasteiger charge is 2.26. The van der Waals surface area contributed by atoms with E-state index in [1.165, 1.54) is 31.4 Å². The molecule has 18 heavy (non-hydrogen) atoms. The van der Waals surface area contributed by atoms with Gasteiger partial charge in [-0.25, -0.2) is 4.39 Å². The van der Waals surface area contributed by atoms with Gasteiger partial charge in [0.05, 0.1) is 6.42 Å². The lowest BCUT2D eigenvalue weighted by Gasteiger charge is -2.29. The third-order valence-electron chi connectivity index (χ3n) is 3.91. The van der Waals surface area contributed by atoms with Gasteiger partial charge in [-0.3, -0.25) is 4.79 Å².